The van der Waals surface area contributed by atoms with Gasteiger partial charge < -0.3 is 10.0 Å². The van der Waals surface area contributed by atoms with Gasteiger partial charge in [0.15, 0.2) is 0 Å². The Morgan fingerprint density at radius 2 is 1.85 bits per heavy atom. The van der Waals surface area contributed by atoms with Gasteiger partial charge in [0.2, 0.25) is 5.91 Å². The predicted octanol–water partition coefficient (Wildman–Crippen LogP) is 1.73. The molecule has 1 N–H and O–H groups in total. The highest BCUT2D eigenvalue weighted by Crippen LogP contribution is 2.25. The number of carbonyl (C=O) groups is 1. The third-order valence-corrected chi connectivity index (χ3v) is 4.96. The number of hydrogen-bond donors (Lipinski definition) is 1. The quantitative estimate of drug-likeness (QED) is 0.854. The Bertz CT molecular complexity index is 314. The minimum atomic E-state index is -0.169. The minimum absolute atomic E-state index is 0.169. The highest BCUT2D eigenvalue weighted by Gasteiger charge is 2.26. The molecule has 1 heterocycles. The lowest BCUT2D eigenvalue weighted by atomic mass is 9.86. The molecule has 20 heavy (non-hydrogen) atoms. The van der Waals surface area contributed by atoms with E-state index in [1.807, 2.05) is 11.9 Å². The number of nitrogens with zero attached hydrogens (tertiary/aromatic N) is 2. The van der Waals surface area contributed by atoms with E-state index in [1.165, 1.54) is 6.42 Å². The van der Waals surface area contributed by atoms with E-state index in [1.54, 1.807) is 0 Å². The van der Waals surface area contributed by atoms with Crippen LogP contribution in [0.3, 0.4) is 0 Å². The van der Waals surface area contributed by atoms with E-state index in [-0.39, 0.29) is 12.0 Å². The Kier molecular flexibility index (Phi) is 5.85. The summed E-state index contributed by atoms with van der Waals surface area (Å²) in [5, 5.41) is 10.0. The molecule has 1 saturated carbocycles. The summed E-state index contributed by atoms with van der Waals surface area (Å²) in [4.78, 5) is 16.4. The highest BCUT2D eigenvalue weighted by molar-refractivity contribution is 5.78. The Hall–Kier alpha value is -0.610. The average Bonchev–Trinajstić information content (AvgIpc) is 2.42. The summed E-state index contributed by atoms with van der Waals surface area (Å²) in [6.45, 7) is 5.44. The van der Waals surface area contributed by atoms with Crippen molar-refractivity contribution >= 4 is 5.91 Å². The van der Waals surface area contributed by atoms with Crippen LogP contribution in [0.4, 0.5) is 0 Å². The fourth-order valence-electron chi connectivity index (χ4n) is 3.45. The second-order valence-electron chi connectivity index (χ2n) is 6.87. The summed E-state index contributed by atoms with van der Waals surface area (Å²) < 4.78 is 0. The van der Waals surface area contributed by atoms with Crippen molar-refractivity contribution in [3.63, 3.8) is 0 Å². The number of aliphatic hydroxyl groups excluding tert-OH is 1. The van der Waals surface area contributed by atoms with Gasteiger partial charge in [0.1, 0.15) is 0 Å². The molecule has 2 fully saturated rings. The number of aliphatic hydroxyl groups is 1. The molecule has 2 aliphatic rings. The first-order valence-electron chi connectivity index (χ1n) is 8.20. The third-order valence-electron chi connectivity index (χ3n) is 4.96. The van der Waals surface area contributed by atoms with E-state index in [9.17, 15) is 9.90 Å². The maximum absolute atomic E-state index is 12.3. The number of hydrogen-bond acceptors (Lipinski definition) is 3. The summed E-state index contributed by atoms with van der Waals surface area (Å²) in [7, 11) is 2.01. The fourth-order valence-corrected chi connectivity index (χ4v) is 3.45. The van der Waals surface area contributed by atoms with E-state index in [4.69, 9.17) is 0 Å². The van der Waals surface area contributed by atoms with Crippen LogP contribution in [0.25, 0.3) is 0 Å². The number of piperidine rings is 1. The van der Waals surface area contributed by atoms with Crippen LogP contribution in [-0.2, 0) is 4.79 Å². The van der Waals surface area contributed by atoms with Crippen molar-refractivity contribution in [3.8, 4) is 0 Å². The Balaban J connectivity index is 1.73. The molecule has 0 aromatic rings. The van der Waals surface area contributed by atoms with Gasteiger partial charge in [0.25, 0.3) is 0 Å². The van der Waals surface area contributed by atoms with Gasteiger partial charge in [-0.25, -0.2) is 0 Å². The molecule has 2 rings (SSSR count). The maximum atomic E-state index is 12.3. The first-order chi connectivity index (χ1) is 9.56. The summed E-state index contributed by atoms with van der Waals surface area (Å²) in [5.41, 5.74) is 0. The summed E-state index contributed by atoms with van der Waals surface area (Å²) in [6.07, 6.45) is 6.49. The standard InChI is InChI=1S/C16H30N2O2/c1-13-7-9-18(10-8-13)16(20)12-17(2)11-14-5-3-4-6-15(14)19/h13-15,19H,3-12H2,1-2H3. The first kappa shape index (κ1) is 15.8. The van der Waals surface area contributed by atoms with E-state index in [0.717, 1.165) is 57.7 Å². The first-order valence-corrected chi connectivity index (χ1v) is 8.20. The largest absolute Gasteiger partial charge is 0.393 e. The lowest BCUT2D eigenvalue weighted by Gasteiger charge is -2.34. The molecule has 1 saturated heterocycles. The molecule has 4 heteroatoms. The van der Waals surface area contributed by atoms with Gasteiger partial charge in [-0.1, -0.05) is 19.8 Å². The zero-order valence-electron chi connectivity index (χ0n) is 13.1. The SMILES string of the molecule is CC1CCN(C(=O)CN(C)CC2CCCCC2O)CC1. The molecule has 4 nitrogen and oxygen atoms in total. The molecular weight excluding hydrogens is 252 g/mol. The zero-order valence-corrected chi connectivity index (χ0v) is 13.1. The van der Waals surface area contributed by atoms with Crippen LogP contribution in [0.15, 0.2) is 0 Å². The van der Waals surface area contributed by atoms with Crippen molar-refractivity contribution in [2.75, 3.05) is 33.2 Å². The lowest BCUT2D eigenvalue weighted by molar-refractivity contribution is -0.133. The van der Waals surface area contributed by atoms with Crippen molar-refractivity contribution < 1.29 is 9.90 Å². The summed E-state index contributed by atoms with van der Waals surface area (Å²) in [5.74, 6) is 1.36. The van der Waals surface area contributed by atoms with E-state index < -0.39 is 0 Å². The van der Waals surface area contributed by atoms with Crippen LogP contribution in [0.1, 0.15) is 45.4 Å². The number of rotatable bonds is 4. The zero-order chi connectivity index (χ0) is 14.5. The molecule has 0 radical (unpaired) electrons. The van der Waals surface area contributed by atoms with Crippen LogP contribution in [0, 0.1) is 11.8 Å². The van der Waals surface area contributed by atoms with E-state index >= 15 is 0 Å². The van der Waals surface area contributed by atoms with Crippen molar-refractivity contribution in [1.29, 1.82) is 0 Å². The maximum Gasteiger partial charge on any atom is 0.236 e. The minimum Gasteiger partial charge on any atom is -0.393 e. The lowest BCUT2D eigenvalue weighted by Crippen LogP contribution is -2.45. The Morgan fingerprint density at radius 3 is 2.50 bits per heavy atom. The van der Waals surface area contributed by atoms with Gasteiger partial charge in [-0.05, 0) is 44.6 Å². The number of carbonyl (C=O) groups excluding carboxylic acids is 1. The Labute approximate surface area is 123 Å². The van der Waals surface area contributed by atoms with Gasteiger partial charge in [-0.15, -0.1) is 0 Å². The van der Waals surface area contributed by atoms with E-state index in [0.29, 0.717) is 12.5 Å². The molecule has 116 valence electrons. The predicted molar refractivity (Wildman–Crippen MR) is 80.4 cm³/mol. The van der Waals surface area contributed by atoms with E-state index in [2.05, 4.69) is 11.8 Å². The van der Waals surface area contributed by atoms with Crippen molar-refractivity contribution in [2.45, 2.75) is 51.6 Å². The Morgan fingerprint density at radius 1 is 1.20 bits per heavy atom. The monoisotopic (exact) mass is 282 g/mol. The molecular formula is C16H30N2O2. The molecule has 1 aliphatic carbocycles. The number of likely N-dealkylation sites (tertiary alicyclic amines) is 1. The van der Waals surface area contributed by atoms with Crippen LogP contribution in [0.5, 0.6) is 0 Å². The molecule has 0 aromatic heterocycles. The molecule has 0 aromatic carbocycles. The van der Waals surface area contributed by atoms with Gasteiger partial charge in [-0.2, -0.15) is 0 Å². The van der Waals surface area contributed by atoms with Crippen LogP contribution >= 0.6 is 0 Å². The van der Waals surface area contributed by atoms with Crippen molar-refractivity contribution in [3.05, 3.63) is 0 Å². The van der Waals surface area contributed by atoms with Gasteiger partial charge in [0, 0.05) is 19.6 Å². The molecule has 2 atom stereocenters. The van der Waals surface area contributed by atoms with Crippen molar-refractivity contribution in [1.82, 2.24) is 9.80 Å². The molecule has 1 amide bonds. The third kappa shape index (κ3) is 4.45. The van der Waals surface area contributed by atoms with Crippen LogP contribution in [-0.4, -0.2) is 60.1 Å². The van der Waals surface area contributed by atoms with Crippen LogP contribution < -0.4 is 0 Å². The smallest absolute Gasteiger partial charge is 0.236 e. The second-order valence-corrected chi connectivity index (χ2v) is 6.87. The summed E-state index contributed by atoms with van der Waals surface area (Å²) in [6, 6.07) is 0. The van der Waals surface area contributed by atoms with Gasteiger partial charge in [0.05, 0.1) is 12.6 Å². The molecule has 0 bridgehead atoms. The molecule has 2 unspecified atom stereocenters. The second kappa shape index (κ2) is 7.41. The topological polar surface area (TPSA) is 43.8 Å². The molecule has 0 spiro atoms. The fraction of sp³-hybridized carbons (Fsp3) is 0.938. The normalized spacial score (nSPS) is 28.9. The molecule has 1 aliphatic heterocycles. The number of amides is 1. The van der Waals surface area contributed by atoms with Gasteiger partial charge in [-0.3, -0.25) is 9.69 Å². The van der Waals surface area contributed by atoms with Gasteiger partial charge >= 0.3 is 0 Å². The summed E-state index contributed by atoms with van der Waals surface area (Å²) >= 11 is 0. The number of likely N-dealkylation sites (N-methyl/N-ethyl adjacent to an activating group) is 1. The van der Waals surface area contributed by atoms with Crippen molar-refractivity contribution in [2.24, 2.45) is 11.8 Å². The highest BCUT2D eigenvalue weighted by atomic mass is 16.3. The average molecular weight is 282 g/mol. The van der Waals surface area contributed by atoms with Crippen LogP contribution in [0.2, 0.25) is 0 Å².